The Morgan fingerprint density at radius 1 is 1.29 bits per heavy atom. The largest absolute Gasteiger partial charge is 0.463 e. The predicted octanol–water partition coefficient (Wildman–Crippen LogP) is 3.91. The highest BCUT2D eigenvalue weighted by molar-refractivity contribution is 9.11. The highest BCUT2D eigenvalue weighted by atomic mass is 79.9. The Balaban J connectivity index is 1.62. The van der Waals surface area contributed by atoms with Crippen molar-refractivity contribution in [3.8, 4) is 0 Å². The number of halogens is 2. The predicted molar refractivity (Wildman–Crippen MR) is 115 cm³/mol. The van der Waals surface area contributed by atoms with Crippen molar-refractivity contribution < 1.29 is 4.42 Å². The molecule has 0 unspecified atom stereocenters. The van der Waals surface area contributed by atoms with E-state index in [2.05, 4.69) is 53.7 Å². The normalized spacial score (nSPS) is 14.4. The van der Waals surface area contributed by atoms with Crippen molar-refractivity contribution in [1.82, 2.24) is 14.9 Å². The molecule has 146 valence electrons. The maximum atomic E-state index is 12.9. The van der Waals surface area contributed by atoms with E-state index in [0.29, 0.717) is 41.6 Å². The van der Waals surface area contributed by atoms with Gasteiger partial charge in [0.2, 0.25) is 0 Å². The molecule has 0 spiro atoms. The van der Waals surface area contributed by atoms with Gasteiger partial charge in [-0.2, -0.15) is 0 Å². The number of nitrogens with one attached hydrogen (secondary N) is 1. The van der Waals surface area contributed by atoms with Crippen LogP contribution in [0, 0.1) is 0 Å². The van der Waals surface area contributed by atoms with Crippen molar-refractivity contribution in [2.75, 3.05) is 6.54 Å². The maximum Gasteiger partial charge on any atom is 0.255 e. The SMILES string of the molecule is CCCc1nc2c(c(=O)[nH]1)CN(Cc1coc3c(Br)cc(Br)cc3c1=O)CC2. The lowest BCUT2D eigenvalue weighted by molar-refractivity contribution is 0.239. The van der Waals surface area contributed by atoms with Crippen LogP contribution in [0.2, 0.25) is 0 Å². The van der Waals surface area contributed by atoms with Gasteiger partial charge in [-0.15, -0.1) is 0 Å². The molecule has 1 aliphatic heterocycles. The first-order chi connectivity index (χ1) is 13.5. The van der Waals surface area contributed by atoms with Crippen LogP contribution in [0.4, 0.5) is 0 Å². The number of hydrogen-bond acceptors (Lipinski definition) is 5. The quantitative estimate of drug-likeness (QED) is 0.578. The number of aryl methyl sites for hydroxylation is 1. The Morgan fingerprint density at radius 3 is 2.89 bits per heavy atom. The monoisotopic (exact) mass is 507 g/mol. The minimum absolute atomic E-state index is 0.0561. The Bertz CT molecular complexity index is 1170. The number of H-pyrrole nitrogens is 1. The zero-order valence-electron chi connectivity index (χ0n) is 15.3. The molecule has 0 saturated heterocycles. The lowest BCUT2D eigenvalue weighted by atomic mass is 10.1. The van der Waals surface area contributed by atoms with Crippen molar-refractivity contribution in [2.45, 2.75) is 39.3 Å². The summed E-state index contributed by atoms with van der Waals surface area (Å²) in [4.78, 5) is 35.0. The smallest absolute Gasteiger partial charge is 0.255 e. The van der Waals surface area contributed by atoms with Gasteiger partial charge in [-0.1, -0.05) is 22.9 Å². The second-order valence-electron chi connectivity index (χ2n) is 7.00. The average molecular weight is 509 g/mol. The van der Waals surface area contributed by atoms with E-state index >= 15 is 0 Å². The van der Waals surface area contributed by atoms with Crippen molar-refractivity contribution in [3.63, 3.8) is 0 Å². The summed E-state index contributed by atoms with van der Waals surface area (Å²) in [5.74, 6) is 0.756. The van der Waals surface area contributed by atoms with Gasteiger partial charge >= 0.3 is 0 Å². The number of aromatic nitrogens is 2. The number of nitrogens with zero attached hydrogens (tertiary/aromatic N) is 2. The van der Waals surface area contributed by atoms with Crippen LogP contribution < -0.4 is 11.0 Å². The molecule has 0 aliphatic carbocycles. The number of rotatable bonds is 4. The van der Waals surface area contributed by atoms with Gasteiger partial charge in [-0.3, -0.25) is 14.5 Å². The second kappa shape index (κ2) is 7.93. The molecule has 6 nitrogen and oxygen atoms in total. The van der Waals surface area contributed by atoms with Crippen molar-refractivity contribution in [1.29, 1.82) is 0 Å². The van der Waals surface area contributed by atoms with Gasteiger partial charge in [-0.25, -0.2) is 4.98 Å². The fourth-order valence-electron chi connectivity index (χ4n) is 3.58. The summed E-state index contributed by atoms with van der Waals surface area (Å²) in [7, 11) is 0. The lowest BCUT2D eigenvalue weighted by Gasteiger charge is -2.27. The van der Waals surface area contributed by atoms with Gasteiger partial charge in [0.1, 0.15) is 5.82 Å². The van der Waals surface area contributed by atoms with Gasteiger partial charge in [0.15, 0.2) is 11.0 Å². The minimum Gasteiger partial charge on any atom is -0.463 e. The van der Waals surface area contributed by atoms with E-state index in [4.69, 9.17) is 4.42 Å². The van der Waals surface area contributed by atoms with Crippen LogP contribution in [0.1, 0.15) is 36.0 Å². The fraction of sp³-hybridized carbons (Fsp3) is 0.350. The molecule has 8 heteroatoms. The summed E-state index contributed by atoms with van der Waals surface area (Å²) in [5.41, 5.74) is 2.55. The van der Waals surface area contributed by atoms with Crippen molar-refractivity contribution in [2.24, 2.45) is 0 Å². The number of hydrogen-bond donors (Lipinski definition) is 1. The molecule has 0 radical (unpaired) electrons. The van der Waals surface area contributed by atoms with Gasteiger partial charge in [-0.05, 0) is 34.5 Å². The first-order valence-corrected chi connectivity index (χ1v) is 10.8. The zero-order valence-corrected chi connectivity index (χ0v) is 18.5. The third-order valence-electron chi connectivity index (χ3n) is 4.94. The lowest BCUT2D eigenvalue weighted by Crippen LogP contribution is -2.36. The Hall–Kier alpha value is -1.77. The summed E-state index contributed by atoms with van der Waals surface area (Å²) < 4.78 is 7.25. The van der Waals surface area contributed by atoms with E-state index in [1.54, 1.807) is 6.07 Å². The summed E-state index contributed by atoms with van der Waals surface area (Å²) in [6.45, 7) is 3.71. The molecular formula is C20H19Br2N3O3. The molecule has 1 N–H and O–H groups in total. The van der Waals surface area contributed by atoms with E-state index < -0.39 is 0 Å². The standard InChI is InChI=1S/C20H19Br2N3O3/c1-2-3-17-23-16-4-5-25(9-14(16)20(27)24-17)8-11-10-28-19-13(18(11)26)6-12(21)7-15(19)22/h6-7,10H,2-5,8-9H2,1H3,(H,23,24,27). The Kier molecular flexibility index (Phi) is 5.53. The summed E-state index contributed by atoms with van der Waals surface area (Å²) >= 11 is 6.85. The molecule has 0 atom stereocenters. The number of benzene rings is 1. The topological polar surface area (TPSA) is 79.2 Å². The second-order valence-corrected chi connectivity index (χ2v) is 8.77. The van der Waals surface area contributed by atoms with Crippen LogP contribution >= 0.6 is 31.9 Å². The Morgan fingerprint density at radius 2 is 2.11 bits per heavy atom. The highest BCUT2D eigenvalue weighted by Crippen LogP contribution is 2.27. The molecule has 1 aliphatic rings. The molecule has 4 rings (SSSR count). The molecule has 3 heterocycles. The number of aromatic amines is 1. The van der Waals surface area contributed by atoms with Crippen molar-refractivity contribution >= 4 is 42.8 Å². The maximum absolute atomic E-state index is 12.9. The number of fused-ring (bicyclic) bond motifs is 2. The zero-order chi connectivity index (χ0) is 19.8. The van der Waals surface area contributed by atoms with Crippen LogP contribution in [-0.4, -0.2) is 21.4 Å². The van der Waals surface area contributed by atoms with Crippen LogP contribution in [-0.2, 0) is 25.9 Å². The van der Waals surface area contributed by atoms with Gasteiger partial charge in [0.25, 0.3) is 5.56 Å². The first-order valence-electron chi connectivity index (χ1n) is 9.19. The van der Waals surface area contributed by atoms with E-state index in [9.17, 15) is 9.59 Å². The van der Waals surface area contributed by atoms with E-state index in [-0.39, 0.29) is 11.0 Å². The molecule has 0 bridgehead atoms. The average Bonchev–Trinajstić information content (AvgIpc) is 2.65. The van der Waals surface area contributed by atoms with E-state index in [1.807, 2.05) is 6.07 Å². The third-order valence-corrected chi connectivity index (χ3v) is 5.99. The van der Waals surface area contributed by atoms with E-state index in [1.165, 1.54) is 6.26 Å². The molecule has 0 saturated carbocycles. The van der Waals surface area contributed by atoms with Crippen LogP contribution in [0.25, 0.3) is 11.0 Å². The molecule has 0 fully saturated rings. The molecule has 2 aromatic heterocycles. The highest BCUT2D eigenvalue weighted by Gasteiger charge is 2.22. The molecule has 28 heavy (non-hydrogen) atoms. The van der Waals surface area contributed by atoms with Gasteiger partial charge < -0.3 is 9.40 Å². The summed E-state index contributed by atoms with van der Waals surface area (Å²) in [6, 6.07) is 3.61. The first kappa shape index (κ1) is 19.5. The minimum atomic E-state index is -0.0726. The van der Waals surface area contributed by atoms with E-state index in [0.717, 1.165) is 39.9 Å². The van der Waals surface area contributed by atoms with Crippen LogP contribution in [0.15, 0.2) is 41.3 Å². The molecule has 0 amide bonds. The fourth-order valence-corrected chi connectivity index (χ4v) is 4.90. The van der Waals surface area contributed by atoms with Gasteiger partial charge in [0.05, 0.1) is 27.4 Å². The van der Waals surface area contributed by atoms with Crippen LogP contribution in [0.5, 0.6) is 0 Å². The Labute approximate surface area is 178 Å². The molecule has 1 aromatic carbocycles. The summed E-state index contributed by atoms with van der Waals surface area (Å²) in [5, 5.41) is 0.528. The third kappa shape index (κ3) is 3.73. The molecular weight excluding hydrogens is 490 g/mol. The van der Waals surface area contributed by atoms with Gasteiger partial charge in [0, 0.05) is 42.5 Å². The molecule has 3 aromatic rings. The van der Waals surface area contributed by atoms with Crippen molar-refractivity contribution in [3.05, 3.63) is 70.6 Å². The van der Waals surface area contributed by atoms with Crippen LogP contribution in [0.3, 0.4) is 0 Å². The summed E-state index contributed by atoms with van der Waals surface area (Å²) in [6.07, 6.45) is 3.94.